The van der Waals surface area contributed by atoms with Crippen LogP contribution in [0.15, 0.2) is 17.8 Å². The molecule has 1 aromatic heterocycles. The molecule has 1 unspecified atom stereocenters. The second-order valence-corrected chi connectivity index (χ2v) is 6.71. The Morgan fingerprint density at radius 3 is 2.71 bits per heavy atom. The zero-order valence-corrected chi connectivity index (χ0v) is 12.6. The first-order valence-corrected chi connectivity index (χ1v) is 7.99. The van der Waals surface area contributed by atoms with E-state index in [1.165, 1.54) is 31.3 Å². The minimum Gasteiger partial charge on any atom is -0.380 e. The molecule has 0 amide bonds. The standard InChI is InChI=1S/C16H23N5/c1-20-7-12-9-21(10-13(12)8-20)15-6-14(18-16(17)19-15)11-4-2-3-5-11/h6-7,11,13H,2-5,8-10H2,1H3,(H2,17,18,19). The van der Waals surface area contributed by atoms with Crippen LogP contribution in [0.5, 0.6) is 0 Å². The van der Waals surface area contributed by atoms with Crippen molar-refractivity contribution in [2.24, 2.45) is 5.92 Å². The third-order valence-corrected chi connectivity index (χ3v) is 5.08. The van der Waals surface area contributed by atoms with Crippen molar-refractivity contribution in [3.8, 4) is 0 Å². The van der Waals surface area contributed by atoms with Gasteiger partial charge in [-0.15, -0.1) is 0 Å². The van der Waals surface area contributed by atoms with Gasteiger partial charge in [-0.2, -0.15) is 4.98 Å². The Hall–Kier alpha value is -1.78. The molecule has 0 spiro atoms. The fourth-order valence-electron chi connectivity index (χ4n) is 4.04. The number of fused-ring (bicyclic) bond motifs is 1. The molecule has 112 valence electrons. The van der Waals surface area contributed by atoms with Crippen LogP contribution in [0.3, 0.4) is 0 Å². The molecule has 5 heteroatoms. The molecule has 21 heavy (non-hydrogen) atoms. The molecule has 1 aliphatic carbocycles. The van der Waals surface area contributed by atoms with Crippen molar-refractivity contribution < 1.29 is 0 Å². The molecule has 5 nitrogen and oxygen atoms in total. The predicted molar refractivity (Wildman–Crippen MR) is 84.1 cm³/mol. The highest BCUT2D eigenvalue weighted by Crippen LogP contribution is 2.36. The lowest BCUT2D eigenvalue weighted by Crippen LogP contribution is -2.25. The highest BCUT2D eigenvalue weighted by atomic mass is 15.3. The van der Waals surface area contributed by atoms with Crippen molar-refractivity contribution in [1.82, 2.24) is 14.9 Å². The summed E-state index contributed by atoms with van der Waals surface area (Å²) in [5.41, 5.74) is 8.64. The lowest BCUT2D eigenvalue weighted by atomic mass is 10.0. The molecule has 0 aromatic carbocycles. The molecule has 1 saturated carbocycles. The van der Waals surface area contributed by atoms with E-state index in [0.717, 1.165) is 31.1 Å². The van der Waals surface area contributed by atoms with Gasteiger partial charge in [0.25, 0.3) is 0 Å². The van der Waals surface area contributed by atoms with E-state index in [9.17, 15) is 0 Å². The van der Waals surface area contributed by atoms with E-state index in [1.54, 1.807) is 0 Å². The maximum absolute atomic E-state index is 5.96. The van der Waals surface area contributed by atoms with Gasteiger partial charge in [0.15, 0.2) is 0 Å². The molecule has 2 N–H and O–H groups in total. The summed E-state index contributed by atoms with van der Waals surface area (Å²) in [7, 11) is 2.15. The normalized spacial score (nSPS) is 25.6. The third kappa shape index (κ3) is 2.34. The Kier molecular flexibility index (Phi) is 3.01. The summed E-state index contributed by atoms with van der Waals surface area (Å²) < 4.78 is 0. The van der Waals surface area contributed by atoms with Crippen molar-refractivity contribution >= 4 is 11.8 Å². The molecule has 3 heterocycles. The topological polar surface area (TPSA) is 58.3 Å². The van der Waals surface area contributed by atoms with Crippen molar-refractivity contribution in [2.75, 3.05) is 37.3 Å². The zero-order valence-electron chi connectivity index (χ0n) is 12.6. The van der Waals surface area contributed by atoms with E-state index in [0.29, 0.717) is 17.8 Å². The Labute approximate surface area is 125 Å². The SMILES string of the molecule is CN1C=C2CN(c3cc(C4CCCC4)nc(N)n3)CC2C1. The Morgan fingerprint density at radius 1 is 1.14 bits per heavy atom. The number of hydrogen-bond acceptors (Lipinski definition) is 5. The largest absolute Gasteiger partial charge is 0.380 e. The number of nitrogen functional groups attached to an aromatic ring is 1. The van der Waals surface area contributed by atoms with Crippen LogP contribution in [0, 0.1) is 5.92 Å². The van der Waals surface area contributed by atoms with Crippen LogP contribution in [-0.2, 0) is 0 Å². The van der Waals surface area contributed by atoms with Crippen LogP contribution >= 0.6 is 0 Å². The van der Waals surface area contributed by atoms with Crippen LogP contribution in [0.1, 0.15) is 37.3 Å². The highest BCUT2D eigenvalue weighted by molar-refractivity contribution is 5.49. The Morgan fingerprint density at radius 2 is 1.95 bits per heavy atom. The number of anilines is 2. The van der Waals surface area contributed by atoms with Crippen LogP contribution < -0.4 is 10.6 Å². The van der Waals surface area contributed by atoms with Gasteiger partial charge in [0, 0.05) is 50.8 Å². The molecule has 0 bridgehead atoms. The average Bonchev–Trinajstić information content (AvgIpc) is 3.12. The second-order valence-electron chi connectivity index (χ2n) is 6.71. The minimum absolute atomic E-state index is 0.428. The number of nitrogens with zero attached hydrogens (tertiary/aromatic N) is 4. The number of aromatic nitrogens is 2. The number of nitrogens with two attached hydrogens (primary N) is 1. The third-order valence-electron chi connectivity index (χ3n) is 5.08. The first-order valence-electron chi connectivity index (χ1n) is 7.99. The molecule has 1 atom stereocenters. The summed E-state index contributed by atoms with van der Waals surface area (Å²) in [5.74, 6) is 2.68. The minimum atomic E-state index is 0.428. The van der Waals surface area contributed by atoms with E-state index < -0.39 is 0 Å². The lowest BCUT2D eigenvalue weighted by molar-refractivity contribution is 0.442. The summed E-state index contributed by atoms with van der Waals surface area (Å²) in [4.78, 5) is 13.6. The molecule has 1 aromatic rings. The number of hydrogen-bond donors (Lipinski definition) is 1. The maximum Gasteiger partial charge on any atom is 0.222 e. The van der Waals surface area contributed by atoms with Crippen LogP contribution in [0.25, 0.3) is 0 Å². The molecule has 4 rings (SSSR count). The predicted octanol–water partition coefficient (Wildman–Crippen LogP) is 1.98. The van der Waals surface area contributed by atoms with Gasteiger partial charge >= 0.3 is 0 Å². The molecule has 3 aliphatic rings. The first-order chi connectivity index (χ1) is 10.2. The Bertz CT molecular complexity index is 576. The van der Waals surface area contributed by atoms with E-state index in [1.807, 2.05) is 0 Å². The molecular formula is C16H23N5. The summed E-state index contributed by atoms with van der Waals surface area (Å²) >= 11 is 0. The summed E-state index contributed by atoms with van der Waals surface area (Å²) in [6.45, 7) is 3.16. The van der Waals surface area contributed by atoms with Crippen LogP contribution in [-0.4, -0.2) is 41.5 Å². The monoisotopic (exact) mass is 285 g/mol. The zero-order chi connectivity index (χ0) is 14.4. The van der Waals surface area contributed by atoms with Gasteiger partial charge in [-0.1, -0.05) is 12.8 Å². The lowest BCUT2D eigenvalue weighted by Gasteiger charge is -2.21. The van der Waals surface area contributed by atoms with Gasteiger partial charge < -0.3 is 15.5 Å². The van der Waals surface area contributed by atoms with E-state index >= 15 is 0 Å². The quantitative estimate of drug-likeness (QED) is 0.900. The molecular weight excluding hydrogens is 262 g/mol. The van der Waals surface area contributed by atoms with Crippen LogP contribution in [0.4, 0.5) is 11.8 Å². The van der Waals surface area contributed by atoms with Gasteiger partial charge in [-0.3, -0.25) is 0 Å². The van der Waals surface area contributed by atoms with Crippen molar-refractivity contribution in [2.45, 2.75) is 31.6 Å². The second kappa shape index (κ2) is 4.90. The number of rotatable bonds is 2. The molecule has 0 radical (unpaired) electrons. The van der Waals surface area contributed by atoms with Gasteiger partial charge in [-0.05, 0) is 18.4 Å². The van der Waals surface area contributed by atoms with E-state index in [-0.39, 0.29) is 0 Å². The van der Waals surface area contributed by atoms with Gasteiger partial charge in [0.1, 0.15) is 5.82 Å². The van der Waals surface area contributed by atoms with E-state index in [2.05, 4.69) is 39.1 Å². The molecule has 2 fully saturated rings. The highest BCUT2D eigenvalue weighted by Gasteiger charge is 2.33. The molecule has 2 aliphatic heterocycles. The van der Waals surface area contributed by atoms with Crippen LogP contribution in [0.2, 0.25) is 0 Å². The smallest absolute Gasteiger partial charge is 0.222 e. The summed E-state index contributed by atoms with van der Waals surface area (Å²) in [6.07, 6.45) is 7.40. The van der Waals surface area contributed by atoms with E-state index in [4.69, 9.17) is 5.73 Å². The summed E-state index contributed by atoms with van der Waals surface area (Å²) in [5, 5.41) is 0. The fraction of sp³-hybridized carbons (Fsp3) is 0.625. The van der Waals surface area contributed by atoms with Gasteiger partial charge in [-0.25, -0.2) is 4.98 Å². The van der Waals surface area contributed by atoms with Crippen molar-refractivity contribution in [1.29, 1.82) is 0 Å². The molecule has 1 saturated heterocycles. The summed E-state index contributed by atoms with van der Waals surface area (Å²) in [6, 6.07) is 2.18. The Balaban J connectivity index is 1.59. The van der Waals surface area contributed by atoms with Gasteiger partial charge in [0.2, 0.25) is 5.95 Å². The first kappa shape index (κ1) is 12.9. The average molecular weight is 285 g/mol. The van der Waals surface area contributed by atoms with Crippen molar-refractivity contribution in [3.63, 3.8) is 0 Å². The van der Waals surface area contributed by atoms with Gasteiger partial charge in [0.05, 0.1) is 5.69 Å². The fourth-order valence-corrected chi connectivity index (χ4v) is 4.04. The van der Waals surface area contributed by atoms with Crippen molar-refractivity contribution in [3.05, 3.63) is 23.5 Å². The maximum atomic E-state index is 5.96.